The molecule has 0 aromatic heterocycles. The molecular formula is C16H25NO3S. The summed E-state index contributed by atoms with van der Waals surface area (Å²) in [5.74, 6) is 0.722. The number of hydrogen-bond acceptors (Lipinski definition) is 4. The molecule has 1 aliphatic rings. The molecule has 1 fully saturated rings. The van der Waals surface area contributed by atoms with Gasteiger partial charge < -0.3 is 10.1 Å². The number of benzene rings is 1. The van der Waals surface area contributed by atoms with E-state index < -0.39 is 9.84 Å². The number of nitrogens with one attached hydrogen (secondary N) is 1. The van der Waals surface area contributed by atoms with Gasteiger partial charge in [0.25, 0.3) is 0 Å². The van der Waals surface area contributed by atoms with Crippen LogP contribution in [0.4, 0.5) is 0 Å². The van der Waals surface area contributed by atoms with E-state index in [1.165, 1.54) is 38.4 Å². The van der Waals surface area contributed by atoms with Crippen molar-refractivity contribution in [2.24, 2.45) is 0 Å². The minimum atomic E-state index is -3.13. The quantitative estimate of drug-likeness (QED) is 0.787. The fourth-order valence-electron chi connectivity index (χ4n) is 2.66. The van der Waals surface area contributed by atoms with Gasteiger partial charge >= 0.3 is 0 Å². The zero-order valence-corrected chi connectivity index (χ0v) is 13.5. The average molecular weight is 311 g/mol. The molecule has 0 atom stereocenters. The van der Waals surface area contributed by atoms with Gasteiger partial charge in [0, 0.05) is 12.3 Å². The van der Waals surface area contributed by atoms with Gasteiger partial charge in [0.15, 0.2) is 9.84 Å². The molecule has 1 aliphatic carbocycles. The van der Waals surface area contributed by atoms with Crippen LogP contribution in [-0.4, -0.2) is 33.9 Å². The Morgan fingerprint density at radius 1 is 1.14 bits per heavy atom. The maximum absolute atomic E-state index is 11.3. The lowest BCUT2D eigenvalue weighted by Crippen LogP contribution is -2.32. The van der Waals surface area contributed by atoms with Gasteiger partial charge in [-0.2, -0.15) is 0 Å². The summed E-state index contributed by atoms with van der Waals surface area (Å²) in [6.45, 7) is 1.63. The van der Waals surface area contributed by atoms with Gasteiger partial charge in [0.2, 0.25) is 0 Å². The summed E-state index contributed by atoms with van der Waals surface area (Å²) < 4.78 is 28.3. The van der Waals surface area contributed by atoms with Gasteiger partial charge in [-0.3, -0.25) is 0 Å². The smallest absolute Gasteiger partial charge is 0.175 e. The lowest BCUT2D eigenvalue weighted by molar-refractivity contribution is 0.296. The fraction of sp³-hybridized carbons (Fsp3) is 0.625. The Labute approximate surface area is 127 Å². The molecule has 5 heteroatoms. The molecule has 2 rings (SSSR count). The molecule has 0 radical (unpaired) electrons. The van der Waals surface area contributed by atoms with Crippen LogP contribution in [0.1, 0.15) is 38.5 Å². The summed E-state index contributed by atoms with van der Waals surface area (Å²) in [7, 11) is -3.13. The summed E-state index contributed by atoms with van der Waals surface area (Å²) in [5.41, 5.74) is 0. The Kier molecular flexibility index (Phi) is 6.06. The molecule has 0 aliphatic heterocycles. The first-order chi connectivity index (χ1) is 10.1. The van der Waals surface area contributed by atoms with Crippen LogP contribution in [0.3, 0.4) is 0 Å². The molecule has 0 saturated heterocycles. The molecule has 0 bridgehead atoms. The van der Waals surface area contributed by atoms with Crippen molar-refractivity contribution in [2.75, 3.05) is 19.4 Å². The van der Waals surface area contributed by atoms with Gasteiger partial charge in [0.1, 0.15) is 5.75 Å². The second kappa shape index (κ2) is 7.80. The number of hydrogen-bond donors (Lipinski definition) is 1. The molecule has 0 heterocycles. The van der Waals surface area contributed by atoms with Crippen LogP contribution >= 0.6 is 0 Å². The lowest BCUT2D eigenvalue weighted by atomic mass is 9.95. The first-order valence-corrected chi connectivity index (χ1v) is 9.61. The Morgan fingerprint density at radius 3 is 2.43 bits per heavy atom. The zero-order chi connectivity index (χ0) is 15.1. The van der Waals surface area contributed by atoms with Gasteiger partial charge in [-0.15, -0.1) is 0 Å². The normalized spacial score (nSPS) is 16.8. The van der Waals surface area contributed by atoms with Crippen molar-refractivity contribution in [3.63, 3.8) is 0 Å². The third kappa shape index (κ3) is 5.67. The largest absolute Gasteiger partial charge is 0.494 e. The molecule has 0 spiro atoms. The molecule has 118 valence electrons. The van der Waals surface area contributed by atoms with E-state index in [4.69, 9.17) is 4.74 Å². The summed E-state index contributed by atoms with van der Waals surface area (Å²) >= 11 is 0. The second-order valence-electron chi connectivity index (χ2n) is 5.73. The summed E-state index contributed by atoms with van der Waals surface area (Å²) in [5, 5.41) is 3.58. The Hall–Kier alpha value is -1.07. The molecule has 0 amide bonds. The van der Waals surface area contributed by atoms with Crippen LogP contribution < -0.4 is 10.1 Å². The highest BCUT2D eigenvalue weighted by molar-refractivity contribution is 7.90. The third-order valence-electron chi connectivity index (χ3n) is 3.88. The predicted molar refractivity (Wildman–Crippen MR) is 84.5 cm³/mol. The molecule has 1 aromatic rings. The van der Waals surface area contributed by atoms with E-state index >= 15 is 0 Å². The molecular weight excluding hydrogens is 286 g/mol. The molecule has 0 unspecified atom stereocenters. The maximum atomic E-state index is 11.3. The summed E-state index contributed by atoms with van der Waals surface area (Å²) in [4.78, 5) is 0.328. The van der Waals surface area contributed by atoms with Crippen molar-refractivity contribution < 1.29 is 13.2 Å². The van der Waals surface area contributed by atoms with Crippen molar-refractivity contribution in [1.82, 2.24) is 5.32 Å². The third-order valence-corrected chi connectivity index (χ3v) is 5.01. The molecule has 1 saturated carbocycles. The summed E-state index contributed by atoms with van der Waals surface area (Å²) in [6, 6.07) is 7.29. The number of ether oxygens (including phenoxy) is 1. The van der Waals surface area contributed by atoms with Gasteiger partial charge in [-0.1, -0.05) is 19.3 Å². The lowest BCUT2D eigenvalue weighted by Gasteiger charge is -2.22. The highest BCUT2D eigenvalue weighted by Gasteiger charge is 2.11. The summed E-state index contributed by atoms with van der Waals surface area (Å²) in [6.07, 6.45) is 8.85. The highest BCUT2D eigenvalue weighted by atomic mass is 32.2. The highest BCUT2D eigenvalue weighted by Crippen LogP contribution is 2.17. The van der Waals surface area contributed by atoms with Crippen LogP contribution in [-0.2, 0) is 9.84 Å². The molecule has 4 nitrogen and oxygen atoms in total. The van der Waals surface area contributed by atoms with Crippen LogP contribution in [0.5, 0.6) is 5.75 Å². The van der Waals surface area contributed by atoms with Crippen molar-refractivity contribution in [3.05, 3.63) is 24.3 Å². The SMILES string of the molecule is CS(=O)(=O)c1ccc(OCCCNC2CCCCC2)cc1. The van der Waals surface area contributed by atoms with E-state index in [1.807, 2.05) is 0 Å². The Balaban J connectivity index is 1.64. The van der Waals surface area contributed by atoms with Crippen LogP contribution in [0, 0.1) is 0 Å². The van der Waals surface area contributed by atoms with Crippen molar-refractivity contribution in [1.29, 1.82) is 0 Å². The van der Waals surface area contributed by atoms with Crippen molar-refractivity contribution in [2.45, 2.75) is 49.5 Å². The van der Waals surface area contributed by atoms with E-state index in [-0.39, 0.29) is 0 Å². The molecule has 1 aromatic carbocycles. The molecule has 21 heavy (non-hydrogen) atoms. The van der Waals surface area contributed by atoms with E-state index in [2.05, 4.69) is 5.32 Å². The minimum absolute atomic E-state index is 0.328. The zero-order valence-electron chi connectivity index (χ0n) is 12.7. The number of sulfone groups is 1. The topological polar surface area (TPSA) is 55.4 Å². The maximum Gasteiger partial charge on any atom is 0.175 e. The van der Waals surface area contributed by atoms with Gasteiger partial charge in [-0.25, -0.2) is 8.42 Å². The van der Waals surface area contributed by atoms with Gasteiger partial charge in [-0.05, 0) is 50.1 Å². The standard InChI is InChI=1S/C16H25NO3S/c1-21(18,19)16-10-8-15(9-11-16)20-13-5-12-17-14-6-3-2-4-7-14/h8-11,14,17H,2-7,12-13H2,1H3. The molecule has 1 N–H and O–H groups in total. The van der Waals surface area contributed by atoms with E-state index in [1.54, 1.807) is 24.3 Å². The Bertz CT molecular complexity index is 519. The van der Waals surface area contributed by atoms with Crippen LogP contribution in [0.25, 0.3) is 0 Å². The number of rotatable bonds is 7. The average Bonchev–Trinajstić information content (AvgIpc) is 2.47. The Morgan fingerprint density at radius 2 is 1.81 bits per heavy atom. The van der Waals surface area contributed by atoms with Crippen LogP contribution in [0.15, 0.2) is 29.2 Å². The fourth-order valence-corrected chi connectivity index (χ4v) is 3.29. The predicted octanol–water partition coefficient (Wildman–Crippen LogP) is 2.78. The second-order valence-corrected chi connectivity index (χ2v) is 7.75. The first kappa shape index (κ1) is 16.3. The van der Waals surface area contributed by atoms with E-state index in [9.17, 15) is 8.42 Å². The van der Waals surface area contributed by atoms with Gasteiger partial charge in [0.05, 0.1) is 11.5 Å². The van der Waals surface area contributed by atoms with Crippen molar-refractivity contribution >= 4 is 9.84 Å². The van der Waals surface area contributed by atoms with E-state index in [0.717, 1.165) is 18.7 Å². The van der Waals surface area contributed by atoms with E-state index in [0.29, 0.717) is 17.5 Å². The first-order valence-electron chi connectivity index (χ1n) is 7.72. The van der Waals surface area contributed by atoms with Crippen molar-refractivity contribution in [3.8, 4) is 5.75 Å². The van der Waals surface area contributed by atoms with Crippen LogP contribution in [0.2, 0.25) is 0 Å². The monoisotopic (exact) mass is 311 g/mol. The minimum Gasteiger partial charge on any atom is -0.494 e.